The number of carbonyl (C=O) groups excluding carboxylic acids is 1. The Bertz CT molecular complexity index is 429. The average Bonchev–Trinajstić information content (AvgIpc) is 3.17. The molecule has 0 radical (unpaired) electrons. The summed E-state index contributed by atoms with van der Waals surface area (Å²) in [6, 6.07) is 2.15. The second kappa shape index (κ2) is 6.96. The lowest BCUT2D eigenvalue weighted by Gasteiger charge is -2.24. The standard InChI is InChI=1S/C15H22N2OS2/c18-14-12-20-15(13-5-10-19-11-13)17(14)9-4-3-8-16-6-1-2-7-16/h5,10-11,15H,1-4,6-9,12H2. The van der Waals surface area contributed by atoms with E-state index in [1.807, 2.05) is 0 Å². The lowest BCUT2D eigenvalue weighted by Crippen LogP contribution is -2.30. The van der Waals surface area contributed by atoms with E-state index in [4.69, 9.17) is 0 Å². The van der Waals surface area contributed by atoms with Gasteiger partial charge < -0.3 is 9.80 Å². The van der Waals surface area contributed by atoms with Crippen molar-refractivity contribution < 1.29 is 4.79 Å². The molecule has 1 aromatic rings. The van der Waals surface area contributed by atoms with Crippen molar-refractivity contribution in [3.8, 4) is 0 Å². The van der Waals surface area contributed by atoms with E-state index in [0.717, 1.165) is 13.0 Å². The molecule has 0 aromatic carbocycles. The summed E-state index contributed by atoms with van der Waals surface area (Å²) in [6.45, 7) is 4.67. The highest BCUT2D eigenvalue weighted by Crippen LogP contribution is 2.39. The van der Waals surface area contributed by atoms with Crippen LogP contribution in [0.25, 0.3) is 0 Å². The van der Waals surface area contributed by atoms with Crippen LogP contribution in [0.2, 0.25) is 0 Å². The Hall–Kier alpha value is -0.520. The summed E-state index contributed by atoms with van der Waals surface area (Å²) in [5, 5.41) is 4.54. The normalized spacial score (nSPS) is 23.9. The summed E-state index contributed by atoms with van der Waals surface area (Å²) in [5.74, 6) is 0.958. The Morgan fingerprint density at radius 3 is 2.75 bits per heavy atom. The third-order valence-electron chi connectivity index (χ3n) is 4.12. The van der Waals surface area contributed by atoms with Crippen LogP contribution in [0.5, 0.6) is 0 Å². The van der Waals surface area contributed by atoms with Gasteiger partial charge in [0.2, 0.25) is 5.91 Å². The second-order valence-corrected chi connectivity index (χ2v) is 7.41. The number of amides is 1. The first-order valence-electron chi connectivity index (χ1n) is 7.50. The molecule has 3 heterocycles. The predicted octanol–water partition coefficient (Wildman–Crippen LogP) is 3.20. The van der Waals surface area contributed by atoms with E-state index in [9.17, 15) is 4.79 Å². The molecular formula is C15H22N2OS2. The maximum atomic E-state index is 12.0. The molecule has 0 spiro atoms. The quantitative estimate of drug-likeness (QED) is 0.754. The highest BCUT2D eigenvalue weighted by Gasteiger charge is 2.32. The fraction of sp³-hybridized carbons (Fsp3) is 0.667. The molecular weight excluding hydrogens is 288 g/mol. The van der Waals surface area contributed by atoms with Gasteiger partial charge in [-0.05, 0) is 67.7 Å². The van der Waals surface area contributed by atoms with Crippen molar-refractivity contribution in [2.24, 2.45) is 0 Å². The third-order valence-corrected chi connectivity index (χ3v) is 6.08. The third kappa shape index (κ3) is 3.38. The van der Waals surface area contributed by atoms with Gasteiger partial charge >= 0.3 is 0 Å². The zero-order chi connectivity index (χ0) is 13.8. The number of unbranched alkanes of at least 4 members (excludes halogenated alkanes) is 1. The fourth-order valence-electron chi connectivity index (χ4n) is 3.01. The highest BCUT2D eigenvalue weighted by molar-refractivity contribution is 8.00. The number of rotatable bonds is 6. The molecule has 1 atom stereocenters. The second-order valence-electron chi connectivity index (χ2n) is 5.56. The zero-order valence-electron chi connectivity index (χ0n) is 11.8. The molecule has 20 heavy (non-hydrogen) atoms. The molecule has 0 bridgehead atoms. The molecule has 110 valence electrons. The van der Waals surface area contributed by atoms with Gasteiger partial charge in [0.15, 0.2) is 0 Å². The molecule has 1 unspecified atom stereocenters. The minimum absolute atomic E-state index is 0.264. The van der Waals surface area contributed by atoms with E-state index in [1.165, 1.54) is 44.5 Å². The molecule has 2 saturated heterocycles. The number of carbonyl (C=O) groups is 1. The summed E-state index contributed by atoms with van der Waals surface area (Å²) < 4.78 is 0. The van der Waals surface area contributed by atoms with Crippen molar-refractivity contribution in [1.29, 1.82) is 0 Å². The van der Waals surface area contributed by atoms with E-state index in [0.29, 0.717) is 11.7 Å². The molecule has 3 nitrogen and oxygen atoms in total. The predicted molar refractivity (Wildman–Crippen MR) is 86.1 cm³/mol. The Morgan fingerprint density at radius 2 is 2.00 bits per heavy atom. The number of hydrogen-bond acceptors (Lipinski definition) is 4. The van der Waals surface area contributed by atoms with Gasteiger partial charge in [-0.2, -0.15) is 11.3 Å². The van der Waals surface area contributed by atoms with Crippen LogP contribution in [-0.2, 0) is 4.79 Å². The number of hydrogen-bond donors (Lipinski definition) is 0. The van der Waals surface area contributed by atoms with Gasteiger partial charge in [-0.15, -0.1) is 11.8 Å². The van der Waals surface area contributed by atoms with Gasteiger partial charge in [0, 0.05) is 6.54 Å². The number of thioether (sulfide) groups is 1. The van der Waals surface area contributed by atoms with Crippen LogP contribution < -0.4 is 0 Å². The summed E-state index contributed by atoms with van der Waals surface area (Å²) in [5.41, 5.74) is 1.30. The molecule has 1 aromatic heterocycles. The van der Waals surface area contributed by atoms with Crippen LogP contribution >= 0.6 is 23.1 Å². The smallest absolute Gasteiger partial charge is 0.233 e. The molecule has 2 aliphatic heterocycles. The molecule has 3 rings (SSSR count). The van der Waals surface area contributed by atoms with Gasteiger partial charge in [0.1, 0.15) is 5.37 Å². The monoisotopic (exact) mass is 310 g/mol. The van der Waals surface area contributed by atoms with Gasteiger partial charge in [0.05, 0.1) is 5.75 Å². The Labute approximate surface area is 129 Å². The van der Waals surface area contributed by atoms with Gasteiger partial charge in [-0.25, -0.2) is 0 Å². The lowest BCUT2D eigenvalue weighted by molar-refractivity contribution is -0.128. The van der Waals surface area contributed by atoms with Gasteiger partial charge in [-0.3, -0.25) is 4.79 Å². The van der Waals surface area contributed by atoms with Crippen LogP contribution in [0.4, 0.5) is 0 Å². The maximum absolute atomic E-state index is 12.0. The first-order valence-corrected chi connectivity index (χ1v) is 9.49. The van der Waals surface area contributed by atoms with Crippen molar-refractivity contribution in [3.05, 3.63) is 22.4 Å². The summed E-state index contributed by atoms with van der Waals surface area (Å²) in [4.78, 5) is 16.7. The van der Waals surface area contributed by atoms with E-state index < -0.39 is 0 Å². The first kappa shape index (κ1) is 14.4. The van der Waals surface area contributed by atoms with Crippen molar-refractivity contribution in [2.75, 3.05) is 31.9 Å². The number of thiophene rings is 1. The van der Waals surface area contributed by atoms with Crippen molar-refractivity contribution >= 4 is 29.0 Å². The SMILES string of the molecule is O=C1CSC(c2ccsc2)N1CCCCN1CCCC1. The van der Waals surface area contributed by atoms with E-state index in [1.54, 1.807) is 23.1 Å². The zero-order valence-corrected chi connectivity index (χ0v) is 13.4. The molecule has 0 N–H and O–H groups in total. The minimum Gasteiger partial charge on any atom is -0.326 e. The number of nitrogens with zero attached hydrogens (tertiary/aromatic N) is 2. The molecule has 0 saturated carbocycles. The van der Waals surface area contributed by atoms with E-state index in [-0.39, 0.29) is 5.37 Å². The van der Waals surface area contributed by atoms with Crippen LogP contribution in [0.3, 0.4) is 0 Å². The first-order chi connectivity index (χ1) is 9.84. The van der Waals surface area contributed by atoms with Gasteiger partial charge in [0.25, 0.3) is 0 Å². The summed E-state index contributed by atoms with van der Waals surface area (Å²) in [6.07, 6.45) is 5.07. The van der Waals surface area contributed by atoms with Crippen molar-refractivity contribution in [3.63, 3.8) is 0 Å². The van der Waals surface area contributed by atoms with Crippen molar-refractivity contribution in [1.82, 2.24) is 9.80 Å². The van der Waals surface area contributed by atoms with Crippen LogP contribution in [0, 0.1) is 0 Å². The Morgan fingerprint density at radius 1 is 1.20 bits per heavy atom. The minimum atomic E-state index is 0.264. The Kier molecular flexibility index (Phi) is 5.02. The molecule has 5 heteroatoms. The Balaban J connectivity index is 1.46. The highest BCUT2D eigenvalue weighted by atomic mass is 32.2. The summed E-state index contributed by atoms with van der Waals surface area (Å²) in [7, 11) is 0. The van der Waals surface area contributed by atoms with Crippen LogP contribution in [0.15, 0.2) is 16.8 Å². The summed E-state index contributed by atoms with van der Waals surface area (Å²) >= 11 is 3.49. The number of likely N-dealkylation sites (tertiary alicyclic amines) is 1. The van der Waals surface area contributed by atoms with Crippen molar-refractivity contribution in [2.45, 2.75) is 31.1 Å². The molecule has 2 fully saturated rings. The van der Waals surface area contributed by atoms with Gasteiger partial charge in [-0.1, -0.05) is 0 Å². The topological polar surface area (TPSA) is 23.6 Å². The fourth-order valence-corrected chi connectivity index (χ4v) is 4.98. The van der Waals surface area contributed by atoms with E-state index in [2.05, 4.69) is 26.6 Å². The maximum Gasteiger partial charge on any atom is 0.233 e. The van der Waals surface area contributed by atoms with E-state index >= 15 is 0 Å². The molecule has 0 aliphatic carbocycles. The molecule has 2 aliphatic rings. The average molecular weight is 310 g/mol. The van der Waals surface area contributed by atoms with Crippen LogP contribution in [-0.4, -0.2) is 47.6 Å². The molecule has 1 amide bonds. The largest absolute Gasteiger partial charge is 0.326 e. The van der Waals surface area contributed by atoms with Crippen LogP contribution in [0.1, 0.15) is 36.6 Å². The lowest BCUT2D eigenvalue weighted by atomic mass is 10.2.